The summed E-state index contributed by atoms with van der Waals surface area (Å²) in [5.41, 5.74) is 2.95. The standard InChI is InChI=1S/C15H15FN2O2/c1-10-6-7-13(8-11(10)2)17-9-12-4-3-5-14(15(12)16)18(19)20/h3-8,17H,9H2,1-2H3. The highest BCUT2D eigenvalue weighted by molar-refractivity contribution is 5.49. The van der Waals surface area contributed by atoms with Crippen LogP contribution >= 0.6 is 0 Å². The topological polar surface area (TPSA) is 55.2 Å². The summed E-state index contributed by atoms with van der Waals surface area (Å²) in [5, 5.41) is 13.7. The second-order valence-corrected chi connectivity index (χ2v) is 4.66. The molecule has 0 spiro atoms. The lowest BCUT2D eigenvalue weighted by atomic mass is 10.1. The van der Waals surface area contributed by atoms with Crippen LogP contribution in [0.1, 0.15) is 16.7 Å². The van der Waals surface area contributed by atoms with Gasteiger partial charge in [0.05, 0.1) is 4.92 Å². The van der Waals surface area contributed by atoms with Gasteiger partial charge in [0, 0.05) is 23.9 Å². The van der Waals surface area contributed by atoms with Crippen molar-refractivity contribution in [3.8, 4) is 0 Å². The lowest BCUT2D eigenvalue weighted by molar-refractivity contribution is -0.387. The third-order valence-corrected chi connectivity index (χ3v) is 3.24. The van der Waals surface area contributed by atoms with Gasteiger partial charge in [0.25, 0.3) is 0 Å². The Labute approximate surface area is 116 Å². The molecule has 0 atom stereocenters. The van der Waals surface area contributed by atoms with E-state index >= 15 is 0 Å². The number of nitrogens with zero attached hydrogens (tertiary/aromatic N) is 1. The van der Waals surface area contributed by atoms with E-state index in [1.807, 2.05) is 32.0 Å². The highest BCUT2D eigenvalue weighted by Crippen LogP contribution is 2.21. The Morgan fingerprint density at radius 2 is 1.95 bits per heavy atom. The van der Waals surface area contributed by atoms with E-state index < -0.39 is 16.4 Å². The number of halogens is 1. The van der Waals surface area contributed by atoms with Crippen molar-refractivity contribution < 1.29 is 9.31 Å². The minimum Gasteiger partial charge on any atom is -0.381 e. The molecule has 2 rings (SSSR count). The molecular weight excluding hydrogens is 259 g/mol. The average molecular weight is 274 g/mol. The quantitative estimate of drug-likeness (QED) is 0.678. The molecule has 0 radical (unpaired) electrons. The summed E-state index contributed by atoms with van der Waals surface area (Å²) in [4.78, 5) is 9.96. The van der Waals surface area contributed by atoms with Gasteiger partial charge in [-0.2, -0.15) is 4.39 Å². The van der Waals surface area contributed by atoms with Gasteiger partial charge in [-0.15, -0.1) is 0 Å². The number of anilines is 1. The minimum atomic E-state index is -0.783. The number of nitrogens with one attached hydrogen (secondary N) is 1. The van der Waals surface area contributed by atoms with Crippen LogP contribution in [-0.2, 0) is 6.54 Å². The Hall–Kier alpha value is -2.43. The van der Waals surface area contributed by atoms with Crippen molar-refractivity contribution in [1.29, 1.82) is 0 Å². The van der Waals surface area contributed by atoms with Gasteiger partial charge in [-0.1, -0.05) is 18.2 Å². The second-order valence-electron chi connectivity index (χ2n) is 4.66. The minimum absolute atomic E-state index is 0.204. The van der Waals surface area contributed by atoms with Crippen LogP contribution in [0.25, 0.3) is 0 Å². The zero-order valence-corrected chi connectivity index (χ0v) is 11.3. The zero-order valence-electron chi connectivity index (χ0n) is 11.3. The summed E-state index contributed by atoms with van der Waals surface area (Å²) in [6.07, 6.45) is 0. The van der Waals surface area contributed by atoms with Crippen molar-refractivity contribution in [2.75, 3.05) is 5.32 Å². The third kappa shape index (κ3) is 2.93. The molecular formula is C15H15FN2O2. The monoisotopic (exact) mass is 274 g/mol. The summed E-state index contributed by atoms with van der Waals surface area (Å²) in [7, 11) is 0. The van der Waals surface area contributed by atoms with Crippen LogP contribution in [0.4, 0.5) is 15.8 Å². The van der Waals surface area contributed by atoms with Crippen LogP contribution in [0.2, 0.25) is 0 Å². The number of nitro benzene ring substituents is 1. The van der Waals surface area contributed by atoms with Crippen LogP contribution in [0.5, 0.6) is 0 Å². The van der Waals surface area contributed by atoms with Crippen LogP contribution in [0, 0.1) is 29.8 Å². The maximum Gasteiger partial charge on any atom is 0.305 e. The number of hydrogen-bond donors (Lipinski definition) is 1. The van der Waals surface area contributed by atoms with E-state index in [1.54, 1.807) is 0 Å². The lowest BCUT2D eigenvalue weighted by Crippen LogP contribution is -2.04. The van der Waals surface area contributed by atoms with E-state index in [2.05, 4.69) is 5.32 Å². The Balaban J connectivity index is 2.17. The Bertz CT molecular complexity index is 656. The van der Waals surface area contributed by atoms with E-state index in [9.17, 15) is 14.5 Å². The molecule has 0 aliphatic heterocycles. The molecule has 4 nitrogen and oxygen atoms in total. The molecule has 20 heavy (non-hydrogen) atoms. The largest absolute Gasteiger partial charge is 0.381 e. The highest BCUT2D eigenvalue weighted by Gasteiger charge is 2.16. The van der Waals surface area contributed by atoms with Crippen molar-refractivity contribution in [3.63, 3.8) is 0 Å². The normalized spacial score (nSPS) is 10.3. The average Bonchev–Trinajstić information content (AvgIpc) is 2.41. The van der Waals surface area contributed by atoms with Gasteiger partial charge in [0.1, 0.15) is 0 Å². The summed E-state index contributed by atoms with van der Waals surface area (Å²) in [5.74, 6) is -0.783. The van der Waals surface area contributed by atoms with Gasteiger partial charge in [0.2, 0.25) is 5.82 Å². The van der Waals surface area contributed by atoms with E-state index in [-0.39, 0.29) is 12.1 Å². The first-order chi connectivity index (χ1) is 9.49. The van der Waals surface area contributed by atoms with Gasteiger partial charge in [-0.3, -0.25) is 10.1 Å². The molecule has 0 fully saturated rings. The summed E-state index contributed by atoms with van der Waals surface area (Å²) >= 11 is 0. The Morgan fingerprint density at radius 3 is 2.60 bits per heavy atom. The van der Waals surface area contributed by atoms with E-state index in [4.69, 9.17) is 0 Å². The van der Waals surface area contributed by atoms with Crippen molar-refractivity contribution in [2.24, 2.45) is 0 Å². The molecule has 0 bridgehead atoms. The predicted octanol–water partition coefficient (Wildman–Crippen LogP) is 3.96. The highest BCUT2D eigenvalue weighted by atomic mass is 19.1. The Morgan fingerprint density at radius 1 is 1.20 bits per heavy atom. The number of aryl methyl sites for hydroxylation is 2. The first-order valence-corrected chi connectivity index (χ1v) is 6.22. The molecule has 2 aromatic carbocycles. The molecule has 5 heteroatoms. The first-order valence-electron chi connectivity index (χ1n) is 6.22. The Kier molecular flexibility index (Phi) is 3.98. The molecule has 0 unspecified atom stereocenters. The zero-order chi connectivity index (χ0) is 14.7. The van der Waals surface area contributed by atoms with Gasteiger partial charge < -0.3 is 5.32 Å². The van der Waals surface area contributed by atoms with E-state index in [1.165, 1.54) is 17.7 Å². The molecule has 0 aliphatic carbocycles. The maximum absolute atomic E-state index is 13.9. The number of nitro groups is 1. The van der Waals surface area contributed by atoms with Crippen molar-refractivity contribution in [1.82, 2.24) is 0 Å². The first kappa shape index (κ1) is 14.0. The molecule has 0 aromatic heterocycles. The smallest absolute Gasteiger partial charge is 0.305 e. The van der Waals surface area contributed by atoms with E-state index in [0.29, 0.717) is 0 Å². The predicted molar refractivity (Wildman–Crippen MR) is 76.3 cm³/mol. The summed E-state index contributed by atoms with van der Waals surface area (Å²) in [6.45, 7) is 4.21. The molecule has 0 saturated carbocycles. The maximum atomic E-state index is 13.9. The number of benzene rings is 2. The molecule has 104 valence electrons. The number of rotatable bonds is 4. The fourth-order valence-electron chi connectivity index (χ4n) is 1.89. The number of hydrogen-bond acceptors (Lipinski definition) is 3. The molecule has 1 N–H and O–H groups in total. The van der Waals surface area contributed by atoms with Gasteiger partial charge in [-0.05, 0) is 37.1 Å². The van der Waals surface area contributed by atoms with E-state index in [0.717, 1.165) is 17.3 Å². The van der Waals surface area contributed by atoms with Gasteiger partial charge in [0.15, 0.2) is 0 Å². The fourth-order valence-corrected chi connectivity index (χ4v) is 1.89. The fraction of sp³-hybridized carbons (Fsp3) is 0.200. The van der Waals surface area contributed by atoms with Crippen molar-refractivity contribution >= 4 is 11.4 Å². The summed E-state index contributed by atoms with van der Waals surface area (Å²) in [6, 6.07) is 10.0. The summed E-state index contributed by atoms with van der Waals surface area (Å²) < 4.78 is 13.9. The molecule has 0 heterocycles. The van der Waals surface area contributed by atoms with Crippen LogP contribution in [-0.4, -0.2) is 4.92 Å². The second kappa shape index (κ2) is 5.69. The van der Waals surface area contributed by atoms with Crippen LogP contribution in [0.15, 0.2) is 36.4 Å². The molecule has 0 aliphatic rings. The molecule has 2 aromatic rings. The van der Waals surface area contributed by atoms with Crippen LogP contribution in [0.3, 0.4) is 0 Å². The van der Waals surface area contributed by atoms with Crippen LogP contribution < -0.4 is 5.32 Å². The van der Waals surface area contributed by atoms with Crippen molar-refractivity contribution in [2.45, 2.75) is 20.4 Å². The molecule has 0 amide bonds. The third-order valence-electron chi connectivity index (χ3n) is 3.24. The van der Waals surface area contributed by atoms with Gasteiger partial charge >= 0.3 is 5.69 Å². The van der Waals surface area contributed by atoms with Gasteiger partial charge in [-0.25, -0.2) is 0 Å². The van der Waals surface area contributed by atoms with Crippen molar-refractivity contribution in [3.05, 3.63) is 69.0 Å². The lowest BCUT2D eigenvalue weighted by Gasteiger charge is -2.09. The molecule has 0 saturated heterocycles. The SMILES string of the molecule is Cc1ccc(NCc2cccc([N+](=O)[O-])c2F)cc1C.